The number of allylic oxidation sites excluding steroid dienone is 3. The van der Waals surface area contributed by atoms with Crippen LogP contribution in [0.25, 0.3) is 12.2 Å². The third-order valence-electron chi connectivity index (χ3n) is 11.8. The maximum atomic E-state index is 14.7. The summed E-state index contributed by atoms with van der Waals surface area (Å²) in [4.78, 5) is 55.8. The van der Waals surface area contributed by atoms with Gasteiger partial charge in [-0.2, -0.15) is 0 Å². The van der Waals surface area contributed by atoms with E-state index in [1.165, 1.54) is 17.0 Å². The number of carbonyl (C=O) groups is 4. The Balaban J connectivity index is 1.17. The molecule has 4 aliphatic rings. The predicted octanol–water partition coefficient (Wildman–Crippen LogP) is 8.22. The number of fused-ring (bicyclic) bond motifs is 4. The normalized spacial score (nSPS) is 26.6. The smallest absolute Gasteiger partial charge is 0.258 e. The average Bonchev–Trinajstić information content (AvgIpc) is 3.55. The number of imide groups is 2. The number of anilines is 2. The van der Waals surface area contributed by atoms with Crippen LogP contribution in [-0.4, -0.2) is 52.7 Å². The maximum absolute atomic E-state index is 14.7. The third kappa shape index (κ3) is 5.79. The molecule has 2 aliphatic carbocycles. The number of nitrogens with zero attached hydrogens (tertiary/aromatic N) is 2. The summed E-state index contributed by atoms with van der Waals surface area (Å²) in [5, 5.41) is 11.7. The van der Waals surface area contributed by atoms with Crippen LogP contribution in [0.5, 0.6) is 17.2 Å². The van der Waals surface area contributed by atoms with Crippen LogP contribution in [0.4, 0.5) is 15.8 Å². The molecule has 0 aromatic heterocycles. The monoisotopic (exact) mass is 806 g/mol. The van der Waals surface area contributed by atoms with E-state index in [0.29, 0.717) is 34.7 Å². The van der Waals surface area contributed by atoms with Gasteiger partial charge >= 0.3 is 0 Å². The second-order valence-electron chi connectivity index (χ2n) is 14.6. The summed E-state index contributed by atoms with van der Waals surface area (Å²) in [5.41, 5.74) is 3.33. The number of rotatable bonds is 9. The van der Waals surface area contributed by atoms with Gasteiger partial charge in [0.1, 0.15) is 23.1 Å². The van der Waals surface area contributed by atoms with Crippen LogP contribution in [0.3, 0.4) is 0 Å². The molecule has 0 radical (unpaired) electrons. The van der Waals surface area contributed by atoms with Crippen LogP contribution < -0.4 is 19.3 Å². The van der Waals surface area contributed by atoms with Crippen LogP contribution in [0.2, 0.25) is 0 Å². The molecular formula is C45H37Cl2FN2O7. The Morgan fingerprint density at radius 1 is 0.860 bits per heavy atom. The lowest BCUT2D eigenvalue weighted by Gasteiger charge is -2.50. The first kappa shape index (κ1) is 38.2. The van der Waals surface area contributed by atoms with Crippen molar-refractivity contribution in [1.82, 2.24) is 0 Å². The van der Waals surface area contributed by atoms with E-state index in [1.54, 1.807) is 68.8 Å². The molecule has 8 rings (SSSR count). The highest BCUT2D eigenvalue weighted by Gasteiger charge is 2.77. The first-order valence-corrected chi connectivity index (χ1v) is 19.2. The van der Waals surface area contributed by atoms with Gasteiger partial charge in [0.25, 0.3) is 11.8 Å². The molecule has 9 nitrogen and oxygen atoms in total. The van der Waals surface area contributed by atoms with E-state index >= 15 is 0 Å². The number of para-hydroxylation sites is 1. The second kappa shape index (κ2) is 14.3. The summed E-state index contributed by atoms with van der Waals surface area (Å²) in [6, 6.07) is 22.3. The minimum atomic E-state index is -2.18. The Labute approximate surface area is 338 Å². The van der Waals surface area contributed by atoms with Crippen molar-refractivity contribution in [3.8, 4) is 17.2 Å². The average molecular weight is 808 g/mol. The molecule has 2 aliphatic heterocycles. The van der Waals surface area contributed by atoms with Gasteiger partial charge in [0, 0.05) is 17.0 Å². The van der Waals surface area contributed by atoms with Crippen LogP contribution >= 0.6 is 23.2 Å². The van der Waals surface area contributed by atoms with E-state index in [1.807, 2.05) is 30.4 Å². The van der Waals surface area contributed by atoms with Crippen LogP contribution in [0, 0.1) is 23.6 Å². The highest BCUT2D eigenvalue weighted by atomic mass is 35.5. The van der Waals surface area contributed by atoms with Crippen molar-refractivity contribution in [3.05, 3.63) is 137 Å². The van der Waals surface area contributed by atoms with Gasteiger partial charge in [0.2, 0.25) is 11.8 Å². The van der Waals surface area contributed by atoms with Gasteiger partial charge in [-0.15, -0.1) is 29.8 Å². The number of ether oxygens (including phenoxy) is 2. The zero-order valence-corrected chi connectivity index (χ0v) is 32.5. The second-order valence-corrected chi connectivity index (χ2v) is 15.9. The number of halogens is 3. The van der Waals surface area contributed by atoms with Gasteiger partial charge in [-0.1, -0.05) is 60.2 Å². The number of methoxy groups -OCH3 is 2. The molecule has 6 unspecified atom stereocenters. The minimum absolute atomic E-state index is 0.0678. The number of alkyl halides is 2. The fraction of sp³-hybridized carbons (Fsp3) is 0.244. The van der Waals surface area contributed by atoms with Crippen molar-refractivity contribution in [1.29, 1.82) is 0 Å². The first-order valence-electron chi connectivity index (χ1n) is 18.4. The molecule has 4 amide bonds. The van der Waals surface area contributed by atoms with Gasteiger partial charge in [-0.05, 0) is 90.9 Å². The fourth-order valence-electron chi connectivity index (χ4n) is 9.05. The molecule has 6 atom stereocenters. The maximum Gasteiger partial charge on any atom is 0.258 e. The Kier molecular flexibility index (Phi) is 9.61. The Morgan fingerprint density at radius 3 is 2.25 bits per heavy atom. The highest BCUT2D eigenvalue weighted by Crippen LogP contribution is 2.66. The standard InChI is InChI=1S/C45H37Cl2FN2O7/c1-4-6-26-7-5-8-34(39(26)51)38-32-20-21-33-37(35(32)24-44(46)42(54)50(43(55)45(38,44)47)30-17-13-28(48)14-18-30)41(53)49(40(33)52)29-15-10-25(11-16-29)9-12-27-23-31(56-2)19-22-36(27)57-3/h4-5,7-20,22-23,33,35,37-38,51H,1,6,21,24H2,2-3H3. The molecule has 290 valence electrons. The number of carbonyl (C=O) groups excluding carboxylic acids is 4. The molecule has 0 spiro atoms. The van der Waals surface area contributed by atoms with Gasteiger partial charge in [0.05, 0.1) is 37.4 Å². The van der Waals surface area contributed by atoms with Crippen molar-refractivity contribution < 1.29 is 38.1 Å². The van der Waals surface area contributed by atoms with Gasteiger partial charge in [-0.3, -0.25) is 24.1 Å². The van der Waals surface area contributed by atoms with Crippen molar-refractivity contribution >= 4 is 70.4 Å². The van der Waals surface area contributed by atoms with E-state index in [9.17, 15) is 28.7 Å². The van der Waals surface area contributed by atoms with E-state index in [2.05, 4.69) is 6.58 Å². The molecule has 4 aromatic carbocycles. The molecule has 0 bridgehead atoms. The summed E-state index contributed by atoms with van der Waals surface area (Å²) < 4.78 is 24.8. The quantitative estimate of drug-likeness (QED) is 0.0785. The Morgan fingerprint density at radius 2 is 1.56 bits per heavy atom. The van der Waals surface area contributed by atoms with E-state index in [0.717, 1.165) is 28.2 Å². The first-order chi connectivity index (χ1) is 27.4. The molecule has 4 aromatic rings. The topological polar surface area (TPSA) is 113 Å². The van der Waals surface area contributed by atoms with Crippen molar-refractivity contribution in [3.63, 3.8) is 0 Å². The molecule has 2 heterocycles. The number of hydrogen-bond donors (Lipinski definition) is 1. The molecule has 3 fully saturated rings. The number of phenolic OH excluding ortho intramolecular Hbond substituents is 1. The van der Waals surface area contributed by atoms with Crippen LogP contribution in [0.1, 0.15) is 41.0 Å². The predicted molar refractivity (Wildman–Crippen MR) is 216 cm³/mol. The SMILES string of the molecule is C=CCc1cccc(C2C3=CCC4C(=O)N(c5ccc(C=Cc6cc(OC)ccc6OC)cc5)C(=O)C4C3CC3(Cl)C(=O)N(c4ccc(F)cc4)C(=O)C23Cl)c1O. The summed E-state index contributed by atoms with van der Waals surface area (Å²) in [5.74, 6) is -5.67. The zero-order chi connectivity index (χ0) is 40.4. The largest absolute Gasteiger partial charge is 0.507 e. The number of benzene rings is 4. The molecule has 1 saturated carbocycles. The van der Waals surface area contributed by atoms with Gasteiger partial charge in [-0.25, -0.2) is 9.29 Å². The summed E-state index contributed by atoms with van der Waals surface area (Å²) >= 11 is 15.0. The van der Waals surface area contributed by atoms with Crippen molar-refractivity contribution in [2.24, 2.45) is 17.8 Å². The van der Waals surface area contributed by atoms with Gasteiger partial charge < -0.3 is 14.6 Å². The number of amides is 4. The molecule has 57 heavy (non-hydrogen) atoms. The van der Waals surface area contributed by atoms with Crippen LogP contribution in [-0.2, 0) is 25.6 Å². The van der Waals surface area contributed by atoms with Gasteiger partial charge in [0.15, 0.2) is 9.75 Å². The number of hydrogen-bond acceptors (Lipinski definition) is 7. The highest BCUT2D eigenvalue weighted by molar-refractivity contribution is 6.58. The lowest BCUT2D eigenvalue weighted by atomic mass is 9.56. The van der Waals surface area contributed by atoms with Crippen molar-refractivity contribution in [2.75, 3.05) is 24.0 Å². The Bertz CT molecular complexity index is 2420. The Hall–Kier alpha value is -5.71. The van der Waals surface area contributed by atoms with E-state index in [-0.39, 0.29) is 29.8 Å². The molecule has 12 heteroatoms. The number of aromatic hydroxyl groups is 1. The van der Waals surface area contributed by atoms with E-state index in [4.69, 9.17) is 32.7 Å². The summed E-state index contributed by atoms with van der Waals surface area (Å²) in [6.07, 6.45) is 7.37. The number of phenols is 1. The zero-order valence-electron chi connectivity index (χ0n) is 31.0. The van der Waals surface area contributed by atoms with Crippen LogP contribution in [0.15, 0.2) is 109 Å². The van der Waals surface area contributed by atoms with Crippen molar-refractivity contribution in [2.45, 2.75) is 34.9 Å². The lowest BCUT2D eigenvalue weighted by molar-refractivity contribution is -0.125. The van der Waals surface area contributed by atoms with E-state index < -0.39 is 62.9 Å². The summed E-state index contributed by atoms with van der Waals surface area (Å²) in [7, 11) is 3.17. The fourth-order valence-corrected chi connectivity index (χ4v) is 9.98. The minimum Gasteiger partial charge on any atom is -0.507 e. The molecule has 1 N–H and O–H groups in total. The summed E-state index contributed by atoms with van der Waals surface area (Å²) in [6.45, 7) is 3.79. The lowest BCUT2D eigenvalue weighted by Crippen LogP contribution is -2.60. The molecule has 2 saturated heterocycles. The third-order valence-corrected chi connectivity index (χ3v) is 13.2. The molecular weight excluding hydrogens is 770 g/mol.